The van der Waals surface area contributed by atoms with Crippen LogP contribution in [0.5, 0.6) is 11.5 Å². The Balaban J connectivity index is 1.50. The fourth-order valence-corrected chi connectivity index (χ4v) is 3.13. The van der Waals surface area contributed by atoms with E-state index in [-0.39, 0.29) is 0 Å². The van der Waals surface area contributed by atoms with Gasteiger partial charge in [-0.25, -0.2) is 0 Å². The first-order chi connectivity index (χ1) is 11.8. The molecule has 0 radical (unpaired) electrons. The average molecular weight is 336 g/mol. The molecule has 2 nitrogen and oxygen atoms in total. The number of hydrogen-bond acceptors (Lipinski definition) is 3. The van der Waals surface area contributed by atoms with E-state index in [0.717, 1.165) is 22.8 Å². The van der Waals surface area contributed by atoms with Crippen LogP contribution in [0, 0.1) is 0 Å². The molecule has 0 heterocycles. The number of hydrogen-bond donors (Lipinski definition) is 0. The van der Waals surface area contributed by atoms with Crippen LogP contribution in [0.15, 0.2) is 83.8 Å². The Morgan fingerprint density at radius 2 is 1.33 bits per heavy atom. The normalized spacial score (nSPS) is 10.4. The van der Waals surface area contributed by atoms with E-state index in [1.54, 1.807) is 7.11 Å². The molecule has 0 atom stereocenters. The standard InChI is InChI=1S/C21H20O2S/c1-22-19-11-7-17(8-12-19)15-23-20-13-9-18(10-14-20)16-24-21-5-3-2-4-6-21/h2-14H,15-16H2,1H3. The first kappa shape index (κ1) is 16.5. The highest BCUT2D eigenvalue weighted by molar-refractivity contribution is 7.98. The van der Waals surface area contributed by atoms with Gasteiger partial charge in [0.2, 0.25) is 0 Å². The maximum atomic E-state index is 5.84. The Labute approximate surface area is 147 Å². The van der Waals surface area contributed by atoms with E-state index in [4.69, 9.17) is 9.47 Å². The van der Waals surface area contributed by atoms with Crippen molar-refractivity contribution in [3.8, 4) is 11.5 Å². The molecule has 0 aliphatic rings. The molecule has 0 aromatic heterocycles. The van der Waals surface area contributed by atoms with Gasteiger partial charge in [-0.1, -0.05) is 42.5 Å². The molecule has 0 spiro atoms. The molecule has 3 rings (SSSR count). The molecule has 0 fully saturated rings. The highest BCUT2D eigenvalue weighted by Crippen LogP contribution is 2.24. The maximum Gasteiger partial charge on any atom is 0.119 e. The van der Waals surface area contributed by atoms with Gasteiger partial charge in [-0.3, -0.25) is 0 Å². The summed E-state index contributed by atoms with van der Waals surface area (Å²) in [5.41, 5.74) is 2.42. The van der Waals surface area contributed by atoms with E-state index in [0.29, 0.717) is 6.61 Å². The van der Waals surface area contributed by atoms with Gasteiger partial charge in [0.25, 0.3) is 0 Å². The third-order valence-corrected chi connectivity index (χ3v) is 4.72. The molecule has 0 aliphatic carbocycles. The monoisotopic (exact) mass is 336 g/mol. The van der Waals surface area contributed by atoms with Gasteiger partial charge < -0.3 is 9.47 Å². The van der Waals surface area contributed by atoms with Gasteiger partial charge in [-0.15, -0.1) is 11.8 Å². The summed E-state index contributed by atoms with van der Waals surface area (Å²) in [4.78, 5) is 1.29. The summed E-state index contributed by atoms with van der Waals surface area (Å²) in [5, 5.41) is 0. The number of ether oxygens (including phenoxy) is 2. The van der Waals surface area contributed by atoms with Crippen LogP contribution in [0.1, 0.15) is 11.1 Å². The van der Waals surface area contributed by atoms with E-state index >= 15 is 0 Å². The lowest BCUT2D eigenvalue weighted by Crippen LogP contribution is -1.95. The zero-order valence-electron chi connectivity index (χ0n) is 13.6. The highest BCUT2D eigenvalue weighted by atomic mass is 32.2. The minimum absolute atomic E-state index is 0.558. The second-order valence-electron chi connectivity index (χ2n) is 5.38. The zero-order chi connectivity index (χ0) is 16.6. The Morgan fingerprint density at radius 3 is 2.00 bits per heavy atom. The van der Waals surface area contributed by atoms with Gasteiger partial charge in [0.05, 0.1) is 7.11 Å². The Bertz CT molecular complexity index is 737. The molecular weight excluding hydrogens is 316 g/mol. The molecule has 3 aromatic rings. The Hall–Kier alpha value is -2.39. The molecular formula is C21H20O2S. The summed E-state index contributed by atoms with van der Waals surface area (Å²) < 4.78 is 11.0. The summed E-state index contributed by atoms with van der Waals surface area (Å²) in [6.45, 7) is 0.558. The third-order valence-electron chi connectivity index (χ3n) is 3.64. The van der Waals surface area contributed by atoms with Crippen LogP contribution in [-0.2, 0) is 12.4 Å². The third kappa shape index (κ3) is 4.80. The Kier molecular flexibility index (Phi) is 5.80. The van der Waals surface area contributed by atoms with Crippen molar-refractivity contribution >= 4 is 11.8 Å². The van der Waals surface area contributed by atoms with E-state index in [9.17, 15) is 0 Å². The molecule has 3 aromatic carbocycles. The van der Waals surface area contributed by atoms with Crippen molar-refractivity contribution in [3.63, 3.8) is 0 Å². The fraction of sp³-hybridized carbons (Fsp3) is 0.143. The van der Waals surface area contributed by atoms with Gasteiger partial charge in [0, 0.05) is 10.6 Å². The van der Waals surface area contributed by atoms with E-state index in [1.165, 1.54) is 10.5 Å². The molecule has 24 heavy (non-hydrogen) atoms. The van der Waals surface area contributed by atoms with Crippen molar-refractivity contribution in [1.29, 1.82) is 0 Å². The molecule has 3 heteroatoms. The molecule has 122 valence electrons. The minimum Gasteiger partial charge on any atom is -0.497 e. The van der Waals surface area contributed by atoms with Crippen LogP contribution < -0.4 is 9.47 Å². The quantitative estimate of drug-likeness (QED) is 0.526. The number of benzene rings is 3. The first-order valence-corrected chi connectivity index (χ1v) is 8.84. The van der Waals surface area contributed by atoms with Crippen molar-refractivity contribution in [2.75, 3.05) is 7.11 Å². The molecule has 0 saturated heterocycles. The minimum atomic E-state index is 0.558. The molecule has 0 N–H and O–H groups in total. The van der Waals surface area contributed by atoms with E-state index in [2.05, 4.69) is 36.4 Å². The van der Waals surface area contributed by atoms with Crippen LogP contribution in [-0.4, -0.2) is 7.11 Å². The van der Waals surface area contributed by atoms with Gasteiger partial charge in [-0.05, 0) is 47.5 Å². The van der Waals surface area contributed by atoms with Crippen LogP contribution in [0.25, 0.3) is 0 Å². The Morgan fingerprint density at radius 1 is 0.708 bits per heavy atom. The number of thioether (sulfide) groups is 1. The maximum absolute atomic E-state index is 5.84. The summed E-state index contributed by atoms with van der Waals surface area (Å²) in [6, 6.07) is 26.7. The summed E-state index contributed by atoms with van der Waals surface area (Å²) in [5.74, 6) is 2.71. The molecule has 0 unspecified atom stereocenters. The lowest BCUT2D eigenvalue weighted by atomic mass is 10.2. The fourth-order valence-electron chi connectivity index (χ4n) is 2.25. The topological polar surface area (TPSA) is 18.5 Å². The van der Waals surface area contributed by atoms with E-state index in [1.807, 2.05) is 54.2 Å². The SMILES string of the molecule is COc1ccc(COc2ccc(CSc3ccccc3)cc2)cc1. The van der Waals surface area contributed by atoms with Crippen molar-refractivity contribution < 1.29 is 9.47 Å². The number of methoxy groups -OCH3 is 1. The first-order valence-electron chi connectivity index (χ1n) is 7.86. The second kappa shape index (κ2) is 8.46. The summed E-state index contributed by atoms with van der Waals surface area (Å²) in [6.07, 6.45) is 0. The highest BCUT2D eigenvalue weighted by Gasteiger charge is 1.99. The molecule has 0 aliphatic heterocycles. The van der Waals surface area contributed by atoms with Crippen molar-refractivity contribution in [2.45, 2.75) is 17.3 Å². The van der Waals surface area contributed by atoms with Gasteiger partial charge in [-0.2, -0.15) is 0 Å². The lowest BCUT2D eigenvalue weighted by Gasteiger charge is -2.08. The average Bonchev–Trinajstić information content (AvgIpc) is 2.67. The van der Waals surface area contributed by atoms with Crippen LogP contribution >= 0.6 is 11.8 Å². The summed E-state index contributed by atoms with van der Waals surface area (Å²) in [7, 11) is 1.67. The molecule has 0 amide bonds. The lowest BCUT2D eigenvalue weighted by molar-refractivity contribution is 0.306. The summed E-state index contributed by atoms with van der Waals surface area (Å²) >= 11 is 1.84. The van der Waals surface area contributed by atoms with Gasteiger partial charge in [0.1, 0.15) is 18.1 Å². The van der Waals surface area contributed by atoms with Crippen molar-refractivity contribution in [3.05, 3.63) is 90.0 Å². The van der Waals surface area contributed by atoms with Gasteiger partial charge in [0.15, 0.2) is 0 Å². The molecule has 0 saturated carbocycles. The zero-order valence-corrected chi connectivity index (χ0v) is 14.5. The molecule has 0 bridgehead atoms. The number of rotatable bonds is 7. The van der Waals surface area contributed by atoms with Crippen LogP contribution in [0.3, 0.4) is 0 Å². The van der Waals surface area contributed by atoms with Crippen molar-refractivity contribution in [1.82, 2.24) is 0 Å². The second-order valence-corrected chi connectivity index (χ2v) is 6.43. The van der Waals surface area contributed by atoms with Crippen LogP contribution in [0.2, 0.25) is 0 Å². The predicted molar refractivity (Wildman–Crippen MR) is 99.8 cm³/mol. The van der Waals surface area contributed by atoms with Crippen LogP contribution in [0.4, 0.5) is 0 Å². The predicted octanol–water partition coefficient (Wildman–Crippen LogP) is 5.57. The smallest absolute Gasteiger partial charge is 0.119 e. The largest absolute Gasteiger partial charge is 0.497 e. The van der Waals surface area contributed by atoms with Gasteiger partial charge >= 0.3 is 0 Å². The van der Waals surface area contributed by atoms with Crippen molar-refractivity contribution in [2.24, 2.45) is 0 Å². The van der Waals surface area contributed by atoms with E-state index < -0.39 is 0 Å².